The van der Waals surface area contributed by atoms with Crippen molar-refractivity contribution < 1.29 is 0 Å². The van der Waals surface area contributed by atoms with Gasteiger partial charge in [-0.25, -0.2) is 15.0 Å². The highest BCUT2D eigenvalue weighted by Gasteiger charge is 2.26. The fraction of sp³-hybridized carbons (Fsp3) is 0.667. The van der Waals surface area contributed by atoms with E-state index in [1.807, 2.05) is 13.1 Å². The summed E-state index contributed by atoms with van der Waals surface area (Å²) in [6.07, 6.45) is 11.3. The highest BCUT2D eigenvalue weighted by molar-refractivity contribution is 5.42. The first-order valence-electron chi connectivity index (χ1n) is 10.5. The normalized spacial score (nSPS) is 21.6. The molecule has 2 aromatic rings. The maximum atomic E-state index is 4.85. The number of aromatic nitrogens is 4. The number of aryl methyl sites for hydroxylation is 3. The minimum atomic E-state index is 0.552. The Labute approximate surface area is 162 Å². The van der Waals surface area contributed by atoms with Gasteiger partial charge in [-0.05, 0) is 65.5 Å². The maximum absolute atomic E-state index is 4.85. The lowest BCUT2D eigenvalue weighted by molar-refractivity contribution is 0.411. The van der Waals surface area contributed by atoms with Crippen LogP contribution in [0.25, 0.3) is 0 Å². The smallest absolute Gasteiger partial charge is 0.132 e. The van der Waals surface area contributed by atoms with Gasteiger partial charge in [-0.15, -0.1) is 0 Å². The minimum absolute atomic E-state index is 0.552. The molecular weight excluding hydrogens is 336 g/mol. The molecule has 0 aliphatic carbocycles. The summed E-state index contributed by atoms with van der Waals surface area (Å²) in [6.45, 7) is 8.45. The zero-order valence-electron chi connectivity index (χ0n) is 16.7. The number of hydrogen-bond acceptors (Lipinski definition) is 5. The first kappa shape index (κ1) is 18.4. The second-order valence-electron chi connectivity index (χ2n) is 8.02. The van der Waals surface area contributed by atoms with Gasteiger partial charge in [0.25, 0.3) is 0 Å². The molecule has 6 heteroatoms. The summed E-state index contributed by atoms with van der Waals surface area (Å²) in [6, 6.07) is 2.83. The number of nitrogens with one attached hydrogen (secondary N) is 1. The van der Waals surface area contributed by atoms with E-state index in [1.54, 1.807) is 0 Å². The van der Waals surface area contributed by atoms with Crippen LogP contribution in [-0.4, -0.2) is 45.2 Å². The highest BCUT2D eigenvalue weighted by Crippen LogP contribution is 2.30. The summed E-state index contributed by atoms with van der Waals surface area (Å²) < 4.78 is 2.26. The van der Waals surface area contributed by atoms with Crippen LogP contribution in [0.3, 0.4) is 0 Å². The standard InChI is InChI=1S/C21H32N6/c1-16-24-20(18-6-9-22-10-7-18)15-21(25-16)27-12-4-3-5-19(27)8-13-26-14-11-23-17(26)2/h11,14-15,18-19,22H,3-10,12-13H2,1-2H3. The Morgan fingerprint density at radius 1 is 1.11 bits per heavy atom. The Balaban J connectivity index is 1.52. The highest BCUT2D eigenvalue weighted by atomic mass is 15.2. The second kappa shape index (κ2) is 8.38. The van der Waals surface area contributed by atoms with Gasteiger partial charge in [0, 0.05) is 49.2 Å². The number of rotatable bonds is 5. The van der Waals surface area contributed by atoms with Crippen molar-refractivity contribution in [3.63, 3.8) is 0 Å². The first-order chi connectivity index (χ1) is 13.2. The van der Waals surface area contributed by atoms with Crippen LogP contribution in [0, 0.1) is 13.8 Å². The predicted molar refractivity (Wildman–Crippen MR) is 108 cm³/mol. The van der Waals surface area contributed by atoms with Crippen LogP contribution in [0.2, 0.25) is 0 Å². The number of anilines is 1. The van der Waals surface area contributed by atoms with Gasteiger partial charge >= 0.3 is 0 Å². The largest absolute Gasteiger partial charge is 0.353 e. The van der Waals surface area contributed by atoms with E-state index in [0.717, 1.165) is 50.1 Å². The average molecular weight is 369 g/mol. The second-order valence-corrected chi connectivity index (χ2v) is 8.02. The lowest BCUT2D eigenvalue weighted by atomic mass is 9.93. The third-order valence-electron chi connectivity index (χ3n) is 6.15. The quantitative estimate of drug-likeness (QED) is 0.878. The molecule has 6 nitrogen and oxygen atoms in total. The average Bonchev–Trinajstić information content (AvgIpc) is 3.11. The van der Waals surface area contributed by atoms with Crippen LogP contribution in [-0.2, 0) is 6.54 Å². The Morgan fingerprint density at radius 3 is 2.74 bits per heavy atom. The Kier molecular flexibility index (Phi) is 5.72. The summed E-state index contributed by atoms with van der Waals surface area (Å²) in [7, 11) is 0. The molecule has 4 rings (SSSR count). The van der Waals surface area contributed by atoms with Crippen molar-refractivity contribution in [1.29, 1.82) is 0 Å². The van der Waals surface area contributed by atoms with Gasteiger partial charge in [0.1, 0.15) is 17.5 Å². The van der Waals surface area contributed by atoms with E-state index in [2.05, 4.69) is 39.0 Å². The van der Waals surface area contributed by atoms with Crippen molar-refractivity contribution in [2.45, 2.75) is 70.9 Å². The van der Waals surface area contributed by atoms with E-state index >= 15 is 0 Å². The molecule has 2 aliphatic rings. The minimum Gasteiger partial charge on any atom is -0.353 e. The molecule has 1 unspecified atom stereocenters. The third kappa shape index (κ3) is 4.32. The lowest BCUT2D eigenvalue weighted by Gasteiger charge is -2.37. The van der Waals surface area contributed by atoms with Crippen LogP contribution >= 0.6 is 0 Å². The van der Waals surface area contributed by atoms with Crippen LogP contribution in [0.4, 0.5) is 5.82 Å². The van der Waals surface area contributed by atoms with Crippen LogP contribution < -0.4 is 10.2 Å². The summed E-state index contributed by atoms with van der Waals surface area (Å²) in [5, 5.41) is 3.46. The summed E-state index contributed by atoms with van der Waals surface area (Å²) >= 11 is 0. The molecule has 0 radical (unpaired) electrons. The van der Waals surface area contributed by atoms with Crippen molar-refractivity contribution in [2.75, 3.05) is 24.5 Å². The molecule has 0 saturated carbocycles. The zero-order chi connectivity index (χ0) is 18.6. The molecule has 1 N–H and O–H groups in total. The van der Waals surface area contributed by atoms with Crippen LogP contribution in [0.15, 0.2) is 18.5 Å². The molecule has 2 fully saturated rings. The monoisotopic (exact) mass is 368 g/mol. The first-order valence-corrected chi connectivity index (χ1v) is 10.5. The molecule has 0 aromatic carbocycles. The molecule has 0 bridgehead atoms. The van der Waals surface area contributed by atoms with Gasteiger partial charge in [0.2, 0.25) is 0 Å². The Hall–Kier alpha value is -1.95. The summed E-state index contributed by atoms with van der Waals surface area (Å²) in [5.74, 6) is 3.73. The van der Waals surface area contributed by atoms with Gasteiger partial charge in [-0.2, -0.15) is 0 Å². The molecule has 27 heavy (non-hydrogen) atoms. The number of hydrogen-bond donors (Lipinski definition) is 1. The van der Waals surface area contributed by atoms with Crippen LogP contribution in [0.5, 0.6) is 0 Å². The van der Waals surface area contributed by atoms with Gasteiger partial charge in [0.05, 0.1) is 0 Å². The lowest BCUT2D eigenvalue weighted by Crippen LogP contribution is -2.41. The SMILES string of the molecule is Cc1nc(C2CCNCC2)cc(N2CCCCC2CCn2ccnc2C)n1. The fourth-order valence-corrected chi connectivity index (χ4v) is 4.58. The maximum Gasteiger partial charge on any atom is 0.132 e. The molecular formula is C21H32N6. The summed E-state index contributed by atoms with van der Waals surface area (Å²) in [4.78, 5) is 16.5. The van der Waals surface area contributed by atoms with Crippen LogP contribution in [0.1, 0.15) is 61.8 Å². The number of nitrogens with zero attached hydrogens (tertiary/aromatic N) is 5. The van der Waals surface area contributed by atoms with E-state index < -0.39 is 0 Å². The molecule has 0 amide bonds. The van der Waals surface area contributed by atoms with E-state index in [4.69, 9.17) is 9.97 Å². The molecule has 2 saturated heterocycles. The Bertz CT molecular complexity index is 749. The molecule has 146 valence electrons. The van der Waals surface area contributed by atoms with Crippen molar-refractivity contribution in [3.8, 4) is 0 Å². The molecule has 2 aliphatic heterocycles. The third-order valence-corrected chi connectivity index (χ3v) is 6.15. The van der Waals surface area contributed by atoms with E-state index in [0.29, 0.717) is 12.0 Å². The van der Waals surface area contributed by atoms with Gasteiger partial charge < -0.3 is 14.8 Å². The van der Waals surface area contributed by atoms with E-state index in [9.17, 15) is 0 Å². The Morgan fingerprint density at radius 2 is 1.96 bits per heavy atom. The fourth-order valence-electron chi connectivity index (χ4n) is 4.58. The van der Waals surface area contributed by atoms with Gasteiger partial charge in [-0.3, -0.25) is 0 Å². The van der Waals surface area contributed by atoms with Crippen molar-refractivity contribution in [2.24, 2.45) is 0 Å². The van der Waals surface area contributed by atoms with Gasteiger partial charge in [0.15, 0.2) is 0 Å². The molecule has 4 heterocycles. The van der Waals surface area contributed by atoms with Crippen molar-refractivity contribution >= 4 is 5.82 Å². The topological polar surface area (TPSA) is 58.9 Å². The molecule has 2 aromatic heterocycles. The van der Waals surface area contributed by atoms with Crippen molar-refractivity contribution in [1.82, 2.24) is 24.8 Å². The zero-order valence-corrected chi connectivity index (χ0v) is 16.7. The molecule has 1 atom stereocenters. The van der Waals surface area contributed by atoms with Gasteiger partial charge in [-0.1, -0.05) is 0 Å². The summed E-state index contributed by atoms with van der Waals surface area (Å²) in [5.41, 5.74) is 1.24. The predicted octanol–water partition coefficient (Wildman–Crippen LogP) is 3.21. The van der Waals surface area contributed by atoms with E-state index in [-0.39, 0.29) is 0 Å². The van der Waals surface area contributed by atoms with E-state index in [1.165, 1.54) is 37.8 Å². The number of imidazole rings is 1. The molecule has 0 spiro atoms. The van der Waals surface area contributed by atoms with Crippen molar-refractivity contribution in [3.05, 3.63) is 35.8 Å². The number of piperidine rings is 2.